The van der Waals surface area contributed by atoms with Gasteiger partial charge in [0.1, 0.15) is 0 Å². The van der Waals surface area contributed by atoms with E-state index in [4.69, 9.17) is 0 Å². The molecule has 0 spiro atoms. The number of pyridine rings is 1. The third-order valence-electron chi connectivity index (χ3n) is 3.09. The zero-order chi connectivity index (χ0) is 12.3. The number of likely N-dealkylation sites (N-methyl/N-ethyl adjacent to an activating group) is 1. The lowest BCUT2D eigenvalue weighted by Gasteiger charge is -2.35. The smallest absolute Gasteiger partial charge is 0.0744 e. The Morgan fingerprint density at radius 2 is 2.47 bits per heavy atom. The van der Waals surface area contributed by atoms with E-state index in [-0.39, 0.29) is 12.1 Å². The first-order chi connectivity index (χ1) is 8.16. The molecule has 1 aromatic heterocycles. The molecule has 17 heavy (non-hydrogen) atoms. The molecule has 0 aromatic carbocycles. The van der Waals surface area contributed by atoms with Gasteiger partial charge < -0.3 is 5.11 Å². The second-order valence-electron chi connectivity index (χ2n) is 4.41. The van der Waals surface area contributed by atoms with E-state index in [1.54, 1.807) is 6.20 Å². The maximum absolute atomic E-state index is 10.3. The van der Waals surface area contributed by atoms with Gasteiger partial charge in [0.25, 0.3) is 0 Å². The zero-order valence-corrected chi connectivity index (χ0v) is 12.2. The number of hydrogen-bond donors (Lipinski definition) is 1. The van der Waals surface area contributed by atoms with Crippen molar-refractivity contribution in [2.45, 2.75) is 18.6 Å². The predicted molar refractivity (Wildman–Crippen MR) is 75.4 cm³/mol. The summed E-state index contributed by atoms with van der Waals surface area (Å²) in [5.74, 6) is 2.18. The predicted octanol–water partition coefficient (Wildman–Crippen LogP) is 1.79. The highest BCUT2D eigenvalue weighted by molar-refractivity contribution is 9.10. The number of aliphatic hydroxyl groups excluding tert-OH is 1. The largest absolute Gasteiger partial charge is 0.391 e. The highest BCUT2D eigenvalue weighted by atomic mass is 79.9. The molecule has 0 bridgehead atoms. The van der Waals surface area contributed by atoms with Gasteiger partial charge in [-0.2, -0.15) is 11.8 Å². The molecule has 2 atom stereocenters. The van der Waals surface area contributed by atoms with Gasteiger partial charge in [-0.25, -0.2) is 0 Å². The minimum atomic E-state index is -0.316. The summed E-state index contributed by atoms with van der Waals surface area (Å²) in [7, 11) is 2.09. The van der Waals surface area contributed by atoms with Crippen LogP contribution in [0.25, 0.3) is 0 Å². The highest BCUT2D eigenvalue weighted by Gasteiger charge is 2.26. The number of aliphatic hydroxyl groups is 1. The van der Waals surface area contributed by atoms with Crippen molar-refractivity contribution in [3.8, 4) is 0 Å². The van der Waals surface area contributed by atoms with Crippen LogP contribution in [0.15, 0.2) is 22.9 Å². The molecule has 2 unspecified atom stereocenters. The van der Waals surface area contributed by atoms with Crippen LogP contribution in [0.4, 0.5) is 0 Å². The normalized spacial score (nSPS) is 23.6. The molecule has 0 aliphatic carbocycles. The maximum atomic E-state index is 10.3. The summed E-state index contributed by atoms with van der Waals surface area (Å²) >= 11 is 5.32. The van der Waals surface area contributed by atoms with Crippen LogP contribution in [0.2, 0.25) is 0 Å². The first-order valence-electron chi connectivity index (χ1n) is 5.72. The minimum absolute atomic E-state index is 0.257. The van der Waals surface area contributed by atoms with Gasteiger partial charge in [0.05, 0.1) is 6.10 Å². The van der Waals surface area contributed by atoms with E-state index in [9.17, 15) is 5.11 Å². The van der Waals surface area contributed by atoms with Crippen LogP contribution < -0.4 is 0 Å². The number of aromatic nitrogens is 1. The molecule has 0 saturated carbocycles. The van der Waals surface area contributed by atoms with Crippen LogP contribution in [0.5, 0.6) is 0 Å². The molecule has 2 heterocycles. The minimum Gasteiger partial charge on any atom is -0.391 e. The van der Waals surface area contributed by atoms with Crippen molar-refractivity contribution in [1.82, 2.24) is 9.88 Å². The van der Waals surface area contributed by atoms with Crippen molar-refractivity contribution < 1.29 is 5.11 Å². The third kappa shape index (κ3) is 3.68. The number of nitrogens with zero attached hydrogens (tertiary/aromatic N) is 2. The zero-order valence-electron chi connectivity index (χ0n) is 9.84. The number of thioether (sulfide) groups is 1. The summed E-state index contributed by atoms with van der Waals surface area (Å²) in [5.41, 5.74) is 1.08. The van der Waals surface area contributed by atoms with Gasteiger partial charge in [0, 0.05) is 47.4 Å². The summed E-state index contributed by atoms with van der Waals surface area (Å²) < 4.78 is 0.966. The van der Waals surface area contributed by atoms with Gasteiger partial charge in [0.15, 0.2) is 0 Å². The van der Waals surface area contributed by atoms with Crippen molar-refractivity contribution in [2.24, 2.45) is 0 Å². The Kier molecular flexibility index (Phi) is 4.85. The second-order valence-corrected chi connectivity index (χ2v) is 6.47. The topological polar surface area (TPSA) is 36.4 Å². The third-order valence-corrected chi connectivity index (χ3v) is 4.58. The van der Waals surface area contributed by atoms with E-state index in [1.807, 2.05) is 24.0 Å². The highest BCUT2D eigenvalue weighted by Crippen LogP contribution is 2.20. The second kappa shape index (κ2) is 6.18. The summed E-state index contributed by atoms with van der Waals surface area (Å²) in [6, 6.07) is 2.28. The van der Waals surface area contributed by atoms with Gasteiger partial charge in [-0.15, -0.1) is 0 Å². The molecular formula is C12H17BrN2OS. The van der Waals surface area contributed by atoms with E-state index in [0.29, 0.717) is 6.42 Å². The molecule has 1 aromatic rings. The van der Waals surface area contributed by atoms with Crippen molar-refractivity contribution in [3.05, 3.63) is 28.5 Å². The van der Waals surface area contributed by atoms with E-state index in [0.717, 1.165) is 28.1 Å². The molecule has 3 nitrogen and oxygen atoms in total. The van der Waals surface area contributed by atoms with Gasteiger partial charge in [-0.05, 0) is 34.6 Å². The Balaban J connectivity index is 1.98. The number of hydrogen-bond acceptors (Lipinski definition) is 4. The molecule has 1 aliphatic heterocycles. The number of rotatable bonds is 3. The van der Waals surface area contributed by atoms with Crippen LogP contribution in [0.3, 0.4) is 0 Å². The van der Waals surface area contributed by atoms with E-state index >= 15 is 0 Å². The molecule has 0 radical (unpaired) electrons. The molecule has 2 rings (SSSR count). The monoisotopic (exact) mass is 316 g/mol. The van der Waals surface area contributed by atoms with E-state index < -0.39 is 0 Å². The number of halogens is 1. The van der Waals surface area contributed by atoms with Crippen LogP contribution in [-0.2, 0) is 6.42 Å². The molecule has 0 amide bonds. The summed E-state index contributed by atoms with van der Waals surface area (Å²) in [5, 5.41) is 10.3. The lowest BCUT2D eigenvalue weighted by Crippen LogP contribution is -2.47. The quantitative estimate of drug-likeness (QED) is 0.922. The fourth-order valence-corrected chi connectivity index (χ4v) is 3.77. The Labute approximate surface area is 115 Å². The van der Waals surface area contributed by atoms with E-state index in [2.05, 4.69) is 32.9 Å². The Bertz CT molecular complexity index is 377. The van der Waals surface area contributed by atoms with Crippen LogP contribution in [-0.4, -0.2) is 52.2 Å². The lowest BCUT2D eigenvalue weighted by molar-refractivity contribution is 0.0762. The first kappa shape index (κ1) is 13.3. The fourth-order valence-electron chi connectivity index (χ4n) is 2.06. The van der Waals surface area contributed by atoms with Gasteiger partial charge in [-0.1, -0.05) is 0 Å². The molecule has 94 valence electrons. The van der Waals surface area contributed by atoms with Crippen LogP contribution in [0.1, 0.15) is 5.56 Å². The molecule has 5 heteroatoms. The van der Waals surface area contributed by atoms with Crippen molar-refractivity contribution in [2.75, 3.05) is 25.1 Å². The molecule has 1 N–H and O–H groups in total. The van der Waals surface area contributed by atoms with Crippen molar-refractivity contribution in [1.29, 1.82) is 0 Å². The molecule has 1 saturated heterocycles. The Hall–Kier alpha value is -0.100. The van der Waals surface area contributed by atoms with Gasteiger partial charge in [-0.3, -0.25) is 9.88 Å². The summed E-state index contributed by atoms with van der Waals surface area (Å²) in [6.45, 7) is 1.06. The van der Waals surface area contributed by atoms with Crippen LogP contribution >= 0.6 is 27.7 Å². The Morgan fingerprint density at radius 3 is 3.18 bits per heavy atom. The summed E-state index contributed by atoms with van der Waals surface area (Å²) in [6.07, 6.45) is 3.94. The molecule has 1 aliphatic rings. The first-order valence-corrected chi connectivity index (χ1v) is 7.67. The Morgan fingerprint density at radius 1 is 1.65 bits per heavy atom. The average molecular weight is 317 g/mol. The summed E-state index contributed by atoms with van der Waals surface area (Å²) in [4.78, 5) is 6.38. The van der Waals surface area contributed by atoms with Crippen molar-refractivity contribution >= 4 is 27.7 Å². The maximum Gasteiger partial charge on any atom is 0.0744 e. The molecule has 1 fully saturated rings. The van der Waals surface area contributed by atoms with Crippen molar-refractivity contribution in [3.63, 3.8) is 0 Å². The van der Waals surface area contributed by atoms with E-state index in [1.165, 1.54) is 0 Å². The lowest BCUT2D eigenvalue weighted by atomic mass is 10.0. The SMILES string of the molecule is CN1CCSCC1C(O)Cc1cncc(Br)c1. The van der Waals surface area contributed by atoms with Gasteiger partial charge in [0.2, 0.25) is 0 Å². The standard InChI is InChI=1S/C12H17BrN2OS/c1-15-2-3-17-8-11(15)12(16)5-9-4-10(13)7-14-6-9/h4,6-7,11-12,16H,2-3,5,8H2,1H3. The average Bonchev–Trinajstić information content (AvgIpc) is 2.29. The molecular weight excluding hydrogens is 300 g/mol. The fraction of sp³-hybridized carbons (Fsp3) is 0.583. The van der Waals surface area contributed by atoms with Gasteiger partial charge >= 0.3 is 0 Å². The van der Waals surface area contributed by atoms with Crippen LogP contribution in [0, 0.1) is 0 Å².